The summed E-state index contributed by atoms with van der Waals surface area (Å²) in [4.78, 5) is 0. The number of hydrogen-bond donors (Lipinski definition) is 0. The SMILES string of the molecule is CC(C)[C@@H]1O[C@@H](C)[C@@H](OCc2ccccc2)C(OCc2ccccc2)C1OCc1ccccc1. The summed E-state index contributed by atoms with van der Waals surface area (Å²) in [6.45, 7) is 7.94. The standard InChI is InChI=1S/C30H36O4/c1-22(2)27-29(32-20-25-15-9-5-10-16-25)30(33-21-26-17-11-6-12-18-26)28(23(3)34-27)31-19-24-13-7-4-8-14-24/h4-18,22-23,27-30H,19-21H2,1-3H3/t23-,27-,28+,29?,30?/m0/s1. The average Bonchev–Trinajstić information content (AvgIpc) is 2.87. The molecule has 1 aliphatic rings. The molecular formula is C30H36O4. The fourth-order valence-corrected chi connectivity index (χ4v) is 4.49. The number of rotatable bonds is 10. The zero-order valence-electron chi connectivity index (χ0n) is 20.4. The van der Waals surface area contributed by atoms with Crippen LogP contribution in [0.3, 0.4) is 0 Å². The minimum atomic E-state index is -0.260. The van der Waals surface area contributed by atoms with Crippen LogP contribution in [0.1, 0.15) is 37.5 Å². The summed E-state index contributed by atoms with van der Waals surface area (Å²) in [6, 6.07) is 30.8. The summed E-state index contributed by atoms with van der Waals surface area (Å²) in [5, 5.41) is 0. The Labute approximate surface area is 203 Å². The predicted octanol–water partition coefficient (Wildman–Crippen LogP) is 6.19. The molecule has 0 aromatic heterocycles. The smallest absolute Gasteiger partial charge is 0.115 e. The van der Waals surface area contributed by atoms with E-state index in [1.807, 2.05) is 54.6 Å². The van der Waals surface area contributed by atoms with Crippen molar-refractivity contribution < 1.29 is 18.9 Å². The largest absolute Gasteiger partial charge is 0.369 e. The molecule has 34 heavy (non-hydrogen) atoms. The van der Waals surface area contributed by atoms with E-state index in [1.165, 1.54) is 0 Å². The Bertz CT molecular complexity index is 961. The maximum atomic E-state index is 6.59. The number of ether oxygens (including phenoxy) is 4. The van der Waals surface area contributed by atoms with Crippen LogP contribution in [0.4, 0.5) is 0 Å². The van der Waals surface area contributed by atoms with Gasteiger partial charge in [-0.3, -0.25) is 0 Å². The van der Waals surface area contributed by atoms with Gasteiger partial charge in [0.15, 0.2) is 0 Å². The second-order valence-corrected chi connectivity index (χ2v) is 9.33. The molecule has 0 bridgehead atoms. The van der Waals surface area contributed by atoms with E-state index in [-0.39, 0.29) is 36.4 Å². The molecule has 0 amide bonds. The molecule has 0 radical (unpaired) electrons. The van der Waals surface area contributed by atoms with Gasteiger partial charge in [-0.2, -0.15) is 0 Å². The first-order valence-corrected chi connectivity index (χ1v) is 12.2. The van der Waals surface area contributed by atoms with Gasteiger partial charge in [0.05, 0.1) is 32.0 Å². The Kier molecular flexibility index (Phi) is 8.89. The Morgan fingerprint density at radius 2 is 0.971 bits per heavy atom. The van der Waals surface area contributed by atoms with E-state index in [4.69, 9.17) is 18.9 Å². The van der Waals surface area contributed by atoms with Crippen LogP contribution in [0.25, 0.3) is 0 Å². The first-order valence-electron chi connectivity index (χ1n) is 12.2. The fraction of sp³-hybridized carbons (Fsp3) is 0.400. The maximum absolute atomic E-state index is 6.59. The molecule has 3 aromatic carbocycles. The van der Waals surface area contributed by atoms with Crippen molar-refractivity contribution in [3.05, 3.63) is 108 Å². The van der Waals surface area contributed by atoms with Crippen molar-refractivity contribution in [2.75, 3.05) is 0 Å². The highest BCUT2D eigenvalue weighted by Crippen LogP contribution is 2.33. The summed E-state index contributed by atoms with van der Waals surface area (Å²) >= 11 is 0. The van der Waals surface area contributed by atoms with E-state index in [0.717, 1.165) is 16.7 Å². The van der Waals surface area contributed by atoms with Gasteiger partial charge in [-0.25, -0.2) is 0 Å². The molecule has 0 spiro atoms. The molecule has 5 atom stereocenters. The highest BCUT2D eigenvalue weighted by molar-refractivity contribution is 5.15. The van der Waals surface area contributed by atoms with Crippen LogP contribution in [0.5, 0.6) is 0 Å². The summed E-state index contributed by atoms with van der Waals surface area (Å²) in [6.07, 6.45) is -0.964. The summed E-state index contributed by atoms with van der Waals surface area (Å²) in [7, 11) is 0. The van der Waals surface area contributed by atoms with Gasteiger partial charge < -0.3 is 18.9 Å². The molecule has 0 saturated carbocycles. The van der Waals surface area contributed by atoms with Gasteiger partial charge in [0.25, 0.3) is 0 Å². The van der Waals surface area contributed by atoms with E-state index < -0.39 is 0 Å². The Hall–Kier alpha value is -2.50. The first kappa shape index (κ1) is 24.6. The molecule has 0 aliphatic carbocycles. The molecule has 0 N–H and O–H groups in total. The predicted molar refractivity (Wildman–Crippen MR) is 134 cm³/mol. The molecule has 180 valence electrons. The van der Waals surface area contributed by atoms with Crippen molar-refractivity contribution in [1.82, 2.24) is 0 Å². The second-order valence-electron chi connectivity index (χ2n) is 9.33. The van der Waals surface area contributed by atoms with Crippen LogP contribution >= 0.6 is 0 Å². The van der Waals surface area contributed by atoms with Crippen molar-refractivity contribution in [2.24, 2.45) is 5.92 Å². The zero-order valence-corrected chi connectivity index (χ0v) is 20.4. The Balaban J connectivity index is 1.56. The van der Waals surface area contributed by atoms with Gasteiger partial charge >= 0.3 is 0 Å². The van der Waals surface area contributed by atoms with Crippen LogP contribution < -0.4 is 0 Å². The average molecular weight is 461 g/mol. The van der Waals surface area contributed by atoms with E-state index >= 15 is 0 Å². The van der Waals surface area contributed by atoms with Gasteiger partial charge in [0, 0.05) is 0 Å². The van der Waals surface area contributed by atoms with E-state index in [9.17, 15) is 0 Å². The third kappa shape index (κ3) is 6.55. The van der Waals surface area contributed by atoms with Gasteiger partial charge in [0.1, 0.15) is 18.3 Å². The van der Waals surface area contributed by atoms with Crippen molar-refractivity contribution in [2.45, 2.75) is 71.1 Å². The molecule has 4 nitrogen and oxygen atoms in total. The van der Waals surface area contributed by atoms with Gasteiger partial charge in [0.2, 0.25) is 0 Å². The molecule has 1 aliphatic heterocycles. The lowest BCUT2D eigenvalue weighted by molar-refractivity contribution is -0.268. The summed E-state index contributed by atoms with van der Waals surface area (Å²) in [5.41, 5.74) is 3.39. The normalized spacial score (nSPS) is 24.9. The van der Waals surface area contributed by atoms with Gasteiger partial charge in [-0.1, -0.05) is 105 Å². The Morgan fingerprint density at radius 1 is 0.588 bits per heavy atom. The van der Waals surface area contributed by atoms with Crippen LogP contribution in [0.2, 0.25) is 0 Å². The molecule has 1 fully saturated rings. The minimum absolute atomic E-state index is 0.0870. The van der Waals surface area contributed by atoms with E-state index in [1.54, 1.807) is 0 Å². The van der Waals surface area contributed by atoms with Crippen LogP contribution in [0.15, 0.2) is 91.0 Å². The van der Waals surface area contributed by atoms with Crippen LogP contribution in [-0.4, -0.2) is 30.5 Å². The zero-order chi connectivity index (χ0) is 23.8. The lowest BCUT2D eigenvalue weighted by atomic mass is 9.89. The first-order chi connectivity index (χ1) is 16.6. The number of hydrogen-bond acceptors (Lipinski definition) is 4. The molecular weight excluding hydrogens is 424 g/mol. The van der Waals surface area contributed by atoms with E-state index in [2.05, 4.69) is 57.2 Å². The third-order valence-electron chi connectivity index (χ3n) is 6.32. The van der Waals surface area contributed by atoms with Crippen molar-refractivity contribution >= 4 is 0 Å². The number of benzene rings is 3. The molecule has 3 aromatic rings. The lowest BCUT2D eigenvalue weighted by Crippen LogP contribution is -2.60. The molecule has 4 heteroatoms. The van der Waals surface area contributed by atoms with Crippen LogP contribution in [0, 0.1) is 5.92 Å². The fourth-order valence-electron chi connectivity index (χ4n) is 4.49. The summed E-state index contributed by atoms with van der Waals surface area (Å²) in [5.74, 6) is 0.279. The van der Waals surface area contributed by atoms with Crippen molar-refractivity contribution in [3.63, 3.8) is 0 Å². The van der Waals surface area contributed by atoms with Gasteiger partial charge in [-0.15, -0.1) is 0 Å². The third-order valence-corrected chi connectivity index (χ3v) is 6.32. The minimum Gasteiger partial charge on any atom is -0.369 e. The monoisotopic (exact) mass is 460 g/mol. The van der Waals surface area contributed by atoms with Gasteiger partial charge in [-0.05, 0) is 29.5 Å². The summed E-state index contributed by atoms with van der Waals surface area (Å²) < 4.78 is 26.1. The van der Waals surface area contributed by atoms with Crippen LogP contribution in [-0.2, 0) is 38.8 Å². The molecule has 1 saturated heterocycles. The topological polar surface area (TPSA) is 36.9 Å². The molecule has 2 unspecified atom stereocenters. The van der Waals surface area contributed by atoms with Crippen molar-refractivity contribution in [1.29, 1.82) is 0 Å². The maximum Gasteiger partial charge on any atom is 0.115 e. The lowest BCUT2D eigenvalue weighted by Gasteiger charge is -2.46. The highest BCUT2D eigenvalue weighted by atomic mass is 16.6. The Morgan fingerprint density at radius 3 is 1.38 bits per heavy atom. The molecule has 1 heterocycles. The van der Waals surface area contributed by atoms with Crippen molar-refractivity contribution in [3.8, 4) is 0 Å². The molecule has 4 rings (SSSR count). The quantitative estimate of drug-likeness (QED) is 0.362. The second kappa shape index (κ2) is 12.3. The highest BCUT2D eigenvalue weighted by Gasteiger charge is 2.47. The van der Waals surface area contributed by atoms with E-state index in [0.29, 0.717) is 19.8 Å².